The Balaban J connectivity index is 1.87. The van der Waals surface area contributed by atoms with Crippen molar-refractivity contribution in [2.45, 2.75) is 38.0 Å². The number of carboxylic acid groups (broad SMARTS) is 1. The van der Waals surface area contributed by atoms with Gasteiger partial charge in [0.1, 0.15) is 11.9 Å². The molecule has 1 aromatic heterocycles. The second-order valence-corrected chi connectivity index (χ2v) is 4.27. The first-order valence-corrected chi connectivity index (χ1v) is 5.80. The Kier molecular flexibility index (Phi) is 3.66. The number of hydrogen-bond donors (Lipinski definition) is 2. The summed E-state index contributed by atoms with van der Waals surface area (Å²) >= 11 is 0. The topological polar surface area (TPSA) is 88.8 Å². The predicted molar refractivity (Wildman–Crippen MR) is 60.8 cm³/mol. The fraction of sp³-hybridized carbons (Fsp3) is 0.500. The number of ether oxygens (including phenoxy) is 1. The number of carbonyl (C=O) groups is 2. The molecule has 1 aliphatic rings. The molecule has 0 saturated carbocycles. The highest BCUT2D eigenvalue weighted by atomic mass is 16.5. The summed E-state index contributed by atoms with van der Waals surface area (Å²) in [6.07, 6.45) is 0.754. The molecule has 2 N–H and O–H groups in total. The van der Waals surface area contributed by atoms with E-state index in [-0.39, 0.29) is 11.9 Å². The zero-order chi connectivity index (χ0) is 13.1. The van der Waals surface area contributed by atoms with Crippen LogP contribution in [0.1, 0.15) is 31.6 Å². The summed E-state index contributed by atoms with van der Waals surface area (Å²) < 4.78 is 10.3. The van der Waals surface area contributed by atoms with E-state index in [1.807, 2.05) is 0 Å². The van der Waals surface area contributed by atoms with Crippen LogP contribution in [0.3, 0.4) is 0 Å². The van der Waals surface area contributed by atoms with Crippen LogP contribution in [0.2, 0.25) is 0 Å². The van der Waals surface area contributed by atoms with Gasteiger partial charge in [-0.05, 0) is 31.9 Å². The molecule has 2 rings (SSSR count). The van der Waals surface area contributed by atoms with E-state index in [0.717, 1.165) is 0 Å². The molecule has 0 spiro atoms. The van der Waals surface area contributed by atoms with E-state index < -0.39 is 18.2 Å². The van der Waals surface area contributed by atoms with Crippen LogP contribution in [0.5, 0.6) is 0 Å². The number of hydrogen-bond acceptors (Lipinski definition) is 4. The third-order valence-electron chi connectivity index (χ3n) is 2.92. The molecule has 0 aliphatic carbocycles. The van der Waals surface area contributed by atoms with Crippen LogP contribution < -0.4 is 5.32 Å². The Morgan fingerprint density at radius 3 is 2.72 bits per heavy atom. The molecule has 18 heavy (non-hydrogen) atoms. The van der Waals surface area contributed by atoms with E-state index in [0.29, 0.717) is 18.6 Å². The van der Waals surface area contributed by atoms with Gasteiger partial charge < -0.3 is 19.6 Å². The van der Waals surface area contributed by atoms with Crippen molar-refractivity contribution in [2.24, 2.45) is 0 Å². The van der Waals surface area contributed by atoms with Crippen molar-refractivity contribution in [1.29, 1.82) is 0 Å². The quantitative estimate of drug-likeness (QED) is 0.838. The molecule has 2 unspecified atom stereocenters. The first kappa shape index (κ1) is 12.6. The lowest BCUT2D eigenvalue weighted by molar-refractivity contribution is -0.151. The summed E-state index contributed by atoms with van der Waals surface area (Å²) in [5.41, 5.74) is 0. The van der Waals surface area contributed by atoms with E-state index in [1.54, 1.807) is 19.1 Å². The van der Waals surface area contributed by atoms with Gasteiger partial charge in [0, 0.05) is 0 Å². The molecule has 98 valence electrons. The smallest absolute Gasteiger partial charge is 0.332 e. The van der Waals surface area contributed by atoms with Crippen LogP contribution >= 0.6 is 0 Å². The lowest BCUT2D eigenvalue weighted by atomic mass is 10.1. The summed E-state index contributed by atoms with van der Waals surface area (Å²) in [6, 6.07) is 3.24. The van der Waals surface area contributed by atoms with Gasteiger partial charge in [0.05, 0.1) is 12.3 Å². The van der Waals surface area contributed by atoms with Crippen molar-refractivity contribution >= 4 is 11.9 Å². The number of carboxylic acids is 1. The van der Waals surface area contributed by atoms with Crippen molar-refractivity contribution in [3.05, 3.63) is 24.2 Å². The van der Waals surface area contributed by atoms with Crippen LogP contribution in [-0.2, 0) is 14.3 Å². The monoisotopic (exact) mass is 253 g/mol. The number of amides is 1. The molecule has 6 nitrogen and oxygen atoms in total. The summed E-state index contributed by atoms with van der Waals surface area (Å²) in [4.78, 5) is 22.6. The van der Waals surface area contributed by atoms with Crippen molar-refractivity contribution < 1.29 is 23.8 Å². The van der Waals surface area contributed by atoms with Crippen molar-refractivity contribution in [2.75, 3.05) is 0 Å². The normalized spacial score (nSPS) is 24.7. The first-order chi connectivity index (χ1) is 8.58. The van der Waals surface area contributed by atoms with Crippen LogP contribution in [0, 0.1) is 0 Å². The summed E-state index contributed by atoms with van der Waals surface area (Å²) in [6.45, 7) is 1.79. The highest BCUT2D eigenvalue weighted by molar-refractivity contribution is 5.82. The second kappa shape index (κ2) is 5.22. The Bertz CT molecular complexity index is 428. The molecule has 0 radical (unpaired) electrons. The summed E-state index contributed by atoms with van der Waals surface area (Å²) in [5.74, 6) is -0.678. The molecular formula is C12H15NO5. The lowest BCUT2D eigenvalue weighted by Gasteiger charge is -2.15. The zero-order valence-electron chi connectivity index (χ0n) is 9.96. The van der Waals surface area contributed by atoms with Gasteiger partial charge in [-0.25, -0.2) is 4.79 Å². The Labute approximate surface area is 104 Å². The van der Waals surface area contributed by atoms with Gasteiger partial charge in [-0.1, -0.05) is 0 Å². The second-order valence-electron chi connectivity index (χ2n) is 4.27. The Morgan fingerprint density at radius 2 is 2.17 bits per heavy atom. The maximum atomic E-state index is 11.8. The largest absolute Gasteiger partial charge is 0.479 e. The van der Waals surface area contributed by atoms with Crippen LogP contribution in [0.15, 0.2) is 22.8 Å². The molecule has 1 fully saturated rings. The highest BCUT2D eigenvalue weighted by Crippen LogP contribution is 2.21. The van der Waals surface area contributed by atoms with Gasteiger partial charge in [0.15, 0.2) is 6.10 Å². The molecule has 1 aromatic rings. The van der Waals surface area contributed by atoms with Crippen molar-refractivity contribution in [1.82, 2.24) is 5.32 Å². The Hall–Kier alpha value is -1.82. The molecule has 1 amide bonds. The SMILES string of the molecule is C[C@@H](NC(=O)C1CCC(C(=O)O)O1)c1ccco1. The maximum Gasteiger partial charge on any atom is 0.332 e. The van der Waals surface area contributed by atoms with Gasteiger partial charge in [0.2, 0.25) is 5.91 Å². The van der Waals surface area contributed by atoms with Crippen molar-refractivity contribution in [3.63, 3.8) is 0 Å². The van der Waals surface area contributed by atoms with Gasteiger partial charge in [0.25, 0.3) is 0 Å². The number of nitrogens with one attached hydrogen (secondary N) is 1. The van der Waals surface area contributed by atoms with Crippen LogP contribution in [-0.4, -0.2) is 29.2 Å². The number of aliphatic carboxylic acids is 1. The minimum atomic E-state index is -1.02. The van der Waals surface area contributed by atoms with E-state index in [9.17, 15) is 9.59 Å². The average Bonchev–Trinajstić information content (AvgIpc) is 3.00. The summed E-state index contributed by atoms with van der Waals surface area (Å²) in [5, 5.41) is 11.5. The van der Waals surface area contributed by atoms with E-state index >= 15 is 0 Å². The number of furan rings is 1. The molecular weight excluding hydrogens is 238 g/mol. The summed E-state index contributed by atoms with van der Waals surface area (Å²) in [7, 11) is 0. The molecule has 1 saturated heterocycles. The minimum Gasteiger partial charge on any atom is -0.479 e. The van der Waals surface area contributed by atoms with Crippen molar-refractivity contribution in [3.8, 4) is 0 Å². The predicted octanol–water partition coefficient (Wildman–Crippen LogP) is 1.09. The fourth-order valence-electron chi connectivity index (χ4n) is 1.93. The third-order valence-corrected chi connectivity index (χ3v) is 2.92. The standard InChI is InChI=1S/C12H15NO5/c1-7(8-3-2-6-17-8)13-11(14)9-4-5-10(18-9)12(15)16/h2-3,6-7,9-10H,4-5H2,1H3,(H,13,14)(H,15,16)/t7-,9?,10?/m1/s1. The molecule has 2 heterocycles. The van der Waals surface area contributed by atoms with E-state index in [2.05, 4.69) is 5.32 Å². The average molecular weight is 253 g/mol. The number of carbonyl (C=O) groups excluding carboxylic acids is 1. The molecule has 6 heteroatoms. The Morgan fingerprint density at radius 1 is 1.44 bits per heavy atom. The maximum absolute atomic E-state index is 11.8. The van der Waals surface area contributed by atoms with E-state index in [4.69, 9.17) is 14.3 Å². The molecule has 0 bridgehead atoms. The zero-order valence-corrected chi connectivity index (χ0v) is 9.96. The minimum absolute atomic E-state index is 0.264. The highest BCUT2D eigenvalue weighted by Gasteiger charge is 2.35. The molecule has 3 atom stereocenters. The van der Waals surface area contributed by atoms with Crippen LogP contribution in [0.25, 0.3) is 0 Å². The fourth-order valence-corrected chi connectivity index (χ4v) is 1.93. The van der Waals surface area contributed by atoms with Gasteiger partial charge >= 0.3 is 5.97 Å². The first-order valence-electron chi connectivity index (χ1n) is 5.80. The van der Waals surface area contributed by atoms with Gasteiger partial charge in [-0.2, -0.15) is 0 Å². The third kappa shape index (κ3) is 2.70. The van der Waals surface area contributed by atoms with Gasteiger partial charge in [-0.3, -0.25) is 4.79 Å². The molecule has 0 aromatic carbocycles. The van der Waals surface area contributed by atoms with Gasteiger partial charge in [-0.15, -0.1) is 0 Å². The number of rotatable bonds is 4. The van der Waals surface area contributed by atoms with E-state index in [1.165, 1.54) is 6.26 Å². The lowest BCUT2D eigenvalue weighted by Crippen LogP contribution is -2.36. The molecule has 1 aliphatic heterocycles. The van der Waals surface area contributed by atoms with Crippen LogP contribution in [0.4, 0.5) is 0 Å².